The summed E-state index contributed by atoms with van der Waals surface area (Å²) in [5, 5.41) is 2.56. The van der Waals surface area contributed by atoms with Gasteiger partial charge in [-0.25, -0.2) is 4.79 Å². The average Bonchev–Trinajstić information content (AvgIpc) is 2.28. The smallest absolute Gasteiger partial charge is 0.407 e. The SMILES string of the molecule is CC(CC=O)NC(=O)OCc1ccccc1. The summed E-state index contributed by atoms with van der Waals surface area (Å²) in [5.74, 6) is 0. The molecule has 0 aliphatic heterocycles. The van der Waals surface area contributed by atoms with Crippen LogP contribution >= 0.6 is 0 Å². The third-order valence-electron chi connectivity index (χ3n) is 2.03. The van der Waals surface area contributed by atoms with Crippen LogP contribution in [0.25, 0.3) is 0 Å². The highest BCUT2D eigenvalue weighted by Gasteiger charge is 2.07. The largest absolute Gasteiger partial charge is 0.445 e. The van der Waals surface area contributed by atoms with Crippen LogP contribution in [0.1, 0.15) is 18.9 Å². The van der Waals surface area contributed by atoms with Gasteiger partial charge in [0.15, 0.2) is 0 Å². The molecule has 0 radical (unpaired) electrons. The van der Waals surface area contributed by atoms with Crippen LogP contribution in [0.3, 0.4) is 0 Å². The Bertz CT molecular complexity index is 337. The fraction of sp³-hybridized carbons (Fsp3) is 0.333. The second-order valence-electron chi connectivity index (χ2n) is 3.51. The average molecular weight is 221 g/mol. The van der Waals surface area contributed by atoms with E-state index in [1.54, 1.807) is 6.92 Å². The third kappa shape index (κ3) is 4.59. The zero-order valence-electron chi connectivity index (χ0n) is 9.18. The summed E-state index contributed by atoms with van der Waals surface area (Å²) in [6.07, 6.45) is 0.556. The Morgan fingerprint density at radius 2 is 2.12 bits per heavy atom. The summed E-state index contributed by atoms with van der Waals surface area (Å²) >= 11 is 0. The Hall–Kier alpha value is -1.84. The standard InChI is InChI=1S/C12H15NO3/c1-10(7-8-14)13-12(15)16-9-11-5-3-2-4-6-11/h2-6,8,10H,7,9H2,1H3,(H,13,15). The quantitative estimate of drug-likeness (QED) is 0.772. The molecular formula is C12H15NO3. The lowest BCUT2D eigenvalue weighted by Gasteiger charge is -2.11. The van der Waals surface area contributed by atoms with E-state index in [1.807, 2.05) is 30.3 Å². The fourth-order valence-corrected chi connectivity index (χ4v) is 1.17. The molecule has 0 saturated heterocycles. The van der Waals surface area contributed by atoms with Crippen molar-refractivity contribution in [3.8, 4) is 0 Å². The summed E-state index contributed by atoms with van der Waals surface area (Å²) in [4.78, 5) is 21.4. The van der Waals surface area contributed by atoms with Crippen molar-refractivity contribution in [2.75, 3.05) is 0 Å². The van der Waals surface area contributed by atoms with Crippen LogP contribution < -0.4 is 5.32 Å². The number of alkyl carbamates (subject to hydrolysis) is 1. The molecule has 1 unspecified atom stereocenters. The molecule has 1 atom stereocenters. The van der Waals surface area contributed by atoms with Crippen molar-refractivity contribution in [2.45, 2.75) is 26.0 Å². The molecule has 16 heavy (non-hydrogen) atoms. The second kappa shape index (κ2) is 6.61. The minimum Gasteiger partial charge on any atom is -0.445 e. The van der Waals surface area contributed by atoms with E-state index in [-0.39, 0.29) is 12.6 Å². The van der Waals surface area contributed by atoms with Gasteiger partial charge in [-0.1, -0.05) is 30.3 Å². The number of aldehydes is 1. The molecule has 0 saturated carbocycles. The normalized spacial score (nSPS) is 11.6. The number of ether oxygens (including phenoxy) is 1. The van der Waals surface area contributed by atoms with Gasteiger partial charge in [0.1, 0.15) is 12.9 Å². The molecule has 0 aliphatic carbocycles. The molecule has 86 valence electrons. The highest BCUT2D eigenvalue weighted by atomic mass is 16.5. The highest BCUT2D eigenvalue weighted by molar-refractivity contribution is 5.68. The molecule has 0 spiro atoms. The van der Waals surface area contributed by atoms with E-state index in [4.69, 9.17) is 4.74 Å². The van der Waals surface area contributed by atoms with E-state index in [1.165, 1.54) is 0 Å². The maximum atomic E-state index is 11.3. The molecule has 0 aliphatic rings. The molecule has 1 amide bonds. The van der Waals surface area contributed by atoms with E-state index in [9.17, 15) is 9.59 Å². The number of nitrogens with one attached hydrogen (secondary N) is 1. The van der Waals surface area contributed by atoms with E-state index >= 15 is 0 Å². The van der Waals surface area contributed by atoms with Crippen molar-refractivity contribution in [2.24, 2.45) is 0 Å². The zero-order valence-corrected chi connectivity index (χ0v) is 9.18. The van der Waals surface area contributed by atoms with Gasteiger partial charge in [-0.2, -0.15) is 0 Å². The Kier molecular flexibility index (Phi) is 5.05. The van der Waals surface area contributed by atoms with E-state index in [2.05, 4.69) is 5.32 Å². The highest BCUT2D eigenvalue weighted by Crippen LogP contribution is 2.00. The van der Waals surface area contributed by atoms with Gasteiger partial charge in [0, 0.05) is 12.5 Å². The maximum Gasteiger partial charge on any atom is 0.407 e. The molecule has 4 heteroatoms. The number of amides is 1. The number of benzene rings is 1. The molecule has 0 bridgehead atoms. The van der Waals surface area contributed by atoms with Crippen LogP contribution in [-0.4, -0.2) is 18.4 Å². The van der Waals surface area contributed by atoms with E-state index in [0.29, 0.717) is 6.42 Å². The van der Waals surface area contributed by atoms with Crippen molar-refractivity contribution >= 4 is 12.4 Å². The minimum absolute atomic E-state index is 0.194. The van der Waals surface area contributed by atoms with Gasteiger partial charge in [-0.3, -0.25) is 0 Å². The van der Waals surface area contributed by atoms with Gasteiger partial charge in [-0.15, -0.1) is 0 Å². The predicted molar refractivity (Wildman–Crippen MR) is 59.9 cm³/mol. The van der Waals surface area contributed by atoms with Crippen LogP contribution in [0, 0.1) is 0 Å². The Morgan fingerprint density at radius 1 is 1.44 bits per heavy atom. The Balaban J connectivity index is 2.28. The van der Waals surface area contributed by atoms with Crippen LogP contribution in [0.5, 0.6) is 0 Å². The van der Waals surface area contributed by atoms with Crippen molar-refractivity contribution in [3.63, 3.8) is 0 Å². The van der Waals surface area contributed by atoms with Gasteiger partial charge in [-0.05, 0) is 12.5 Å². The molecule has 1 aromatic rings. The molecule has 1 rings (SSSR count). The predicted octanol–water partition coefficient (Wildman–Crippen LogP) is 1.89. The summed E-state index contributed by atoms with van der Waals surface area (Å²) < 4.78 is 4.98. The first-order chi connectivity index (χ1) is 7.72. The number of rotatable bonds is 5. The first-order valence-electron chi connectivity index (χ1n) is 5.13. The number of carbonyl (C=O) groups excluding carboxylic acids is 2. The maximum absolute atomic E-state index is 11.3. The van der Waals surface area contributed by atoms with Crippen molar-refractivity contribution < 1.29 is 14.3 Å². The molecular weight excluding hydrogens is 206 g/mol. The molecule has 4 nitrogen and oxygen atoms in total. The first-order valence-corrected chi connectivity index (χ1v) is 5.13. The molecule has 1 aromatic carbocycles. The van der Waals surface area contributed by atoms with Crippen LogP contribution in [-0.2, 0) is 16.1 Å². The summed E-state index contributed by atoms with van der Waals surface area (Å²) in [7, 11) is 0. The fourth-order valence-electron chi connectivity index (χ4n) is 1.17. The summed E-state index contributed by atoms with van der Waals surface area (Å²) in [6, 6.07) is 9.22. The van der Waals surface area contributed by atoms with Crippen molar-refractivity contribution in [1.82, 2.24) is 5.32 Å². The number of hydrogen-bond donors (Lipinski definition) is 1. The summed E-state index contributed by atoms with van der Waals surface area (Å²) in [6.45, 7) is 1.98. The van der Waals surface area contributed by atoms with Gasteiger partial charge in [0.25, 0.3) is 0 Å². The lowest BCUT2D eigenvalue weighted by atomic mass is 10.2. The first kappa shape index (κ1) is 12.2. The lowest BCUT2D eigenvalue weighted by Crippen LogP contribution is -2.33. The van der Waals surface area contributed by atoms with E-state index in [0.717, 1.165) is 11.8 Å². The Morgan fingerprint density at radius 3 is 2.75 bits per heavy atom. The van der Waals surface area contributed by atoms with Crippen LogP contribution in [0.15, 0.2) is 30.3 Å². The summed E-state index contributed by atoms with van der Waals surface area (Å²) in [5.41, 5.74) is 0.931. The van der Waals surface area contributed by atoms with Crippen LogP contribution in [0.2, 0.25) is 0 Å². The van der Waals surface area contributed by atoms with Gasteiger partial charge in [0.2, 0.25) is 0 Å². The molecule has 0 fully saturated rings. The molecule has 0 heterocycles. The molecule has 1 N–H and O–H groups in total. The minimum atomic E-state index is -0.502. The van der Waals surface area contributed by atoms with Crippen molar-refractivity contribution in [3.05, 3.63) is 35.9 Å². The van der Waals surface area contributed by atoms with Gasteiger partial charge < -0.3 is 14.8 Å². The number of hydrogen-bond acceptors (Lipinski definition) is 3. The van der Waals surface area contributed by atoms with E-state index < -0.39 is 6.09 Å². The van der Waals surface area contributed by atoms with Gasteiger partial charge in [0.05, 0.1) is 0 Å². The molecule has 0 aromatic heterocycles. The Labute approximate surface area is 94.6 Å². The topological polar surface area (TPSA) is 55.4 Å². The van der Waals surface area contributed by atoms with Crippen LogP contribution in [0.4, 0.5) is 4.79 Å². The van der Waals surface area contributed by atoms with Gasteiger partial charge >= 0.3 is 6.09 Å². The number of carbonyl (C=O) groups is 2. The lowest BCUT2D eigenvalue weighted by molar-refractivity contribution is -0.108. The second-order valence-corrected chi connectivity index (χ2v) is 3.51. The van der Waals surface area contributed by atoms with Crippen molar-refractivity contribution in [1.29, 1.82) is 0 Å². The zero-order chi connectivity index (χ0) is 11.8. The monoisotopic (exact) mass is 221 g/mol. The third-order valence-corrected chi connectivity index (χ3v) is 2.03.